The molecule has 5 nitrogen and oxygen atoms in total. The van der Waals surface area contributed by atoms with Crippen LogP contribution in [-0.4, -0.2) is 25.0 Å². The van der Waals surface area contributed by atoms with E-state index in [0.29, 0.717) is 0 Å². The number of esters is 1. The third-order valence-corrected chi connectivity index (χ3v) is 2.76. The summed E-state index contributed by atoms with van der Waals surface area (Å²) in [4.78, 5) is 22.4. The Labute approximate surface area is 113 Å². The zero-order valence-electron chi connectivity index (χ0n) is 11.7. The summed E-state index contributed by atoms with van der Waals surface area (Å²) in [6, 6.07) is 7.09. The van der Waals surface area contributed by atoms with Crippen LogP contribution < -0.4 is 10.6 Å². The van der Waals surface area contributed by atoms with Gasteiger partial charge in [0.1, 0.15) is 6.04 Å². The fourth-order valence-electron chi connectivity index (χ4n) is 1.81. The molecule has 0 fully saturated rings. The van der Waals surface area contributed by atoms with Gasteiger partial charge in [-0.2, -0.15) is 0 Å². The van der Waals surface area contributed by atoms with Crippen LogP contribution in [0.15, 0.2) is 24.3 Å². The number of rotatable bonds is 5. The van der Waals surface area contributed by atoms with Crippen LogP contribution in [0.25, 0.3) is 0 Å². The van der Waals surface area contributed by atoms with Crippen LogP contribution in [0.3, 0.4) is 0 Å². The van der Waals surface area contributed by atoms with Crippen molar-refractivity contribution < 1.29 is 14.3 Å². The molecule has 0 heterocycles. The fraction of sp³-hybridized carbons (Fsp3) is 0.429. The number of carbonyl (C=O) groups is 2. The van der Waals surface area contributed by atoms with Gasteiger partial charge in [0, 0.05) is 18.7 Å². The van der Waals surface area contributed by atoms with Gasteiger partial charge in [-0.15, -0.1) is 0 Å². The minimum atomic E-state index is -0.385. The third kappa shape index (κ3) is 4.71. The molecule has 0 aliphatic carbocycles. The molecular formula is C14H20N2O3. The topological polar surface area (TPSA) is 67.4 Å². The van der Waals surface area contributed by atoms with Gasteiger partial charge in [-0.3, -0.25) is 14.9 Å². The molecule has 0 aliphatic rings. The zero-order valence-corrected chi connectivity index (χ0v) is 11.7. The average Bonchev–Trinajstić information content (AvgIpc) is 2.37. The second-order valence-corrected chi connectivity index (χ2v) is 4.44. The second kappa shape index (κ2) is 6.89. The Morgan fingerprint density at radius 1 is 1.26 bits per heavy atom. The normalized spacial score (nSPS) is 13.5. The molecule has 0 radical (unpaired) electrons. The smallest absolute Gasteiger partial charge is 0.322 e. The Bertz CT molecular complexity index is 460. The predicted octanol–water partition coefficient (Wildman–Crippen LogP) is 1.86. The fourth-order valence-corrected chi connectivity index (χ4v) is 1.81. The summed E-state index contributed by atoms with van der Waals surface area (Å²) in [7, 11) is 1.36. The Balaban J connectivity index is 2.73. The van der Waals surface area contributed by atoms with Crippen molar-refractivity contribution in [3.63, 3.8) is 0 Å². The van der Waals surface area contributed by atoms with E-state index in [9.17, 15) is 9.59 Å². The number of anilines is 1. The van der Waals surface area contributed by atoms with E-state index in [2.05, 4.69) is 15.4 Å². The molecule has 2 N–H and O–H groups in total. The van der Waals surface area contributed by atoms with Gasteiger partial charge >= 0.3 is 5.97 Å². The van der Waals surface area contributed by atoms with Crippen LogP contribution >= 0.6 is 0 Å². The summed E-state index contributed by atoms with van der Waals surface area (Å²) in [5.74, 6) is -0.412. The molecule has 1 aromatic carbocycles. The monoisotopic (exact) mass is 264 g/mol. The van der Waals surface area contributed by atoms with Crippen LogP contribution in [-0.2, 0) is 14.3 Å². The van der Waals surface area contributed by atoms with Crippen molar-refractivity contribution >= 4 is 17.6 Å². The van der Waals surface area contributed by atoms with Gasteiger partial charge in [-0.25, -0.2) is 0 Å². The Kier molecular flexibility index (Phi) is 5.51. The minimum Gasteiger partial charge on any atom is -0.468 e. The molecule has 1 rings (SSSR count). The standard InChI is InChI=1S/C14H20N2O3/c1-9(15-10(2)14(18)19-4)12-6-5-7-13(8-12)16-11(3)17/h5-10,15H,1-4H3,(H,16,17)/t9?,10-/m0/s1. The molecule has 1 unspecified atom stereocenters. The summed E-state index contributed by atoms with van der Waals surface area (Å²) < 4.78 is 4.67. The van der Waals surface area contributed by atoms with Crippen molar-refractivity contribution in [3.05, 3.63) is 29.8 Å². The first-order valence-corrected chi connectivity index (χ1v) is 6.15. The van der Waals surface area contributed by atoms with Gasteiger partial charge < -0.3 is 10.1 Å². The SMILES string of the molecule is COC(=O)[C@H](C)NC(C)c1cccc(NC(C)=O)c1. The quantitative estimate of drug-likeness (QED) is 0.797. The summed E-state index contributed by atoms with van der Waals surface area (Å²) in [6.07, 6.45) is 0. The van der Waals surface area contributed by atoms with Gasteiger partial charge in [0.2, 0.25) is 5.91 Å². The minimum absolute atomic E-state index is 0.0252. The molecule has 0 aromatic heterocycles. The molecule has 1 amide bonds. The maximum Gasteiger partial charge on any atom is 0.322 e. The molecule has 0 bridgehead atoms. The van der Waals surface area contributed by atoms with Crippen molar-refractivity contribution in [1.82, 2.24) is 5.32 Å². The summed E-state index contributed by atoms with van der Waals surface area (Å²) in [5, 5.41) is 5.87. The molecule has 19 heavy (non-hydrogen) atoms. The van der Waals surface area contributed by atoms with Crippen molar-refractivity contribution in [2.45, 2.75) is 32.9 Å². The first-order valence-electron chi connectivity index (χ1n) is 6.15. The molecule has 1 aromatic rings. The van der Waals surface area contributed by atoms with Crippen LogP contribution in [0.5, 0.6) is 0 Å². The molecule has 2 atom stereocenters. The first kappa shape index (κ1) is 15.2. The molecule has 0 spiro atoms. The van der Waals surface area contributed by atoms with Crippen molar-refractivity contribution in [2.24, 2.45) is 0 Å². The Morgan fingerprint density at radius 3 is 2.53 bits per heavy atom. The van der Waals surface area contributed by atoms with E-state index in [1.165, 1.54) is 14.0 Å². The Morgan fingerprint density at radius 2 is 1.95 bits per heavy atom. The van der Waals surface area contributed by atoms with E-state index in [0.717, 1.165) is 11.3 Å². The number of carbonyl (C=O) groups excluding carboxylic acids is 2. The molecular weight excluding hydrogens is 244 g/mol. The van der Waals surface area contributed by atoms with Crippen LogP contribution in [0.4, 0.5) is 5.69 Å². The van der Waals surface area contributed by atoms with Crippen molar-refractivity contribution in [2.75, 3.05) is 12.4 Å². The van der Waals surface area contributed by atoms with E-state index in [-0.39, 0.29) is 24.0 Å². The number of methoxy groups -OCH3 is 1. The molecule has 0 saturated heterocycles. The number of benzene rings is 1. The summed E-state index contributed by atoms with van der Waals surface area (Å²) in [6.45, 7) is 5.17. The van der Waals surface area contributed by atoms with Gasteiger partial charge in [0.15, 0.2) is 0 Å². The first-order chi connectivity index (χ1) is 8.93. The lowest BCUT2D eigenvalue weighted by atomic mass is 10.1. The average molecular weight is 264 g/mol. The maximum atomic E-state index is 11.3. The maximum absolute atomic E-state index is 11.3. The lowest BCUT2D eigenvalue weighted by molar-refractivity contribution is -0.142. The molecule has 0 saturated carbocycles. The van der Waals surface area contributed by atoms with Crippen LogP contribution in [0.1, 0.15) is 32.4 Å². The van der Waals surface area contributed by atoms with Gasteiger partial charge in [0.25, 0.3) is 0 Å². The molecule has 5 heteroatoms. The molecule has 104 valence electrons. The summed E-state index contributed by atoms with van der Waals surface area (Å²) >= 11 is 0. The van der Waals surface area contributed by atoms with Gasteiger partial charge in [-0.1, -0.05) is 12.1 Å². The highest BCUT2D eigenvalue weighted by Gasteiger charge is 2.16. The van der Waals surface area contributed by atoms with E-state index < -0.39 is 0 Å². The van der Waals surface area contributed by atoms with E-state index in [1.54, 1.807) is 6.92 Å². The summed E-state index contributed by atoms with van der Waals surface area (Å²) in [5.41, 5.74) is 1.73. The number of hydrogen-bond acceptors (Lipinski definition) is 4. The zero-order chi connectivity index (χ0) is 14.4. The van der Waals surface area contributed by atoms with Crippen LogP contribution in [0, 0.1) is 0 Å². The van der Waals surface area contributed by atoms with E-state index in [4.69, 9.17) is 0 Å². The number of amides is 1. The number of nitrogens with one attached hydrogen (secondary N) is 2. The Hall–Kier alpha value is -1.88. The predicted molar refractivity (Wildman–Crippen MR) is 73.8 cm³/mol. The van der Waals surface area contributed by atoms with Crippen molar-refractivity contribution in [3.8, 4) is 0 Å². The third-order valence-electron chi connectivity index (χ3n) is 2.76. The van der Waals surface area contributed by atoms with Gasteiger partial charge in [0.05, 0.1) is 7.11 Å². The van der Waals surface area contributed by atoms with Crippen LogP contribution in [0.2, 0.25) is 0 Å². The highest BCUT2D eigenvalue weighted by molar-refractivity contribution is 5.88. The second-order valence-electron chi connectivity index (χ2n) is 4.44. The largest absolute Gasteiger partial charge is 0.468 e. The number of hydrogen-bond donors (Lipinski definition) is 2. The number of ether oxygens (including phenoxy) is 1. The highest BCUT2D eigenvalue weighted by Crippen LogP contribution is 2.18. The van der Waals surface area contributed by atoms with E-state index in [1.807, 2.05) is 31.2 Å². The lowest BCUT2D eigenvalue weighted by Gasteiger charge is -2.19. The lowest BCUT2D eigenvalue weighted by Crippen LogP contribution is -2.36. The van der Waals surface area contributed by atoms with Gasteiger partial charge in [-0.05, 0) is 31.5 Å². The van der Waals surface area contributed by atoms with E-state index >= 15 is 0 Å². The van der Waals surface area contributed by atoms with Crippen molar-refractivity contribution in [1.29, 1.82) is 0 Å². The highest BCUT2D eigenvalue weighted by atomic mass is 16.5. The molecule has 0 aliphatic heterocycles.